The minimum absolute atomic E-state index is 0.0127. The number of hydrogen-bond acceptors (Lipinski definition) is 7. The summed E-state index contributed by atoms with van der Waals surface area (Å²) in [7, 11) is 0. The highest BCUT2D eigenvalue weighted by Gasteiger charge is 2.45. The quantitative estimate of drug-likeness (QED) is 0.729. The standard InChI is InChI=1S/C20H22N2O6/c23-18(15-5-2-11-28-15)16-17(14-4-1-10-27-14)22(20(25)19(16)24)7-3-6-21-8-12-26-13-9-21/h1-2,4-5,10-11,17,24H,3,6-9,12-13H2. The van der Waals surface area contributed by atoms with Crippen molar-refractivity contribution in [3.63, 3.8) is 0 Å². The van der Waals surface area contributed by atoms with Crippen LogP contribution in [0.1, 0.15) is 28.8 Å². The highest BCUT2D eigenvalue weighted by molar-refractivity contribution is 6.14. The van der Waals surface area contributed by atoms with Crippen molar-refractivity contribution in [1.82, 2.24) is 9.80 Å². The van der Waals surface area contributed by atoms with E-state index in [1.54, 1.807) is 18.2 Å². The molecule has 148 valence electrons. The summed E-state index contributed by atoms with van der Waals surface area (Å²) < 4.78 is 16.0. The maximum absolute atomic E-state index is 12.9. The Balaban J connectivity index is 1.54. The smallest absolute Gasteiger partial charge is 0.290 e. The van der Waals surface area contributed by atoms with E-state index in [0.717, 1.165) is 19.6 Å². The number of rotatable bonds is 7. The van der Waals surface area contributed by atoms with E-state index in [0.29, 0.717) is 31.9 Å². The molecule has 2 aromatic rings. The lowest BCUT2D eigenvalue weighted by Crippen LogP contribution is -2.39. The van der Waals surface area contributed by atoms with E-state index in [-0.39, 0.29) is 11.3 Å². The summed E-state index contributed by atoms with van der Waals surface area (Å²) in [6.45, 7) is 4.34. The van der Waals surface area contributed by atoms with Gasteiger partial charge in [-0.1, -0.05) is 0 Å². The van der Waals surface area contributed by atoms with Gasteiger partial charge in [0.1, 0.15) is 11.8 Å². The molecule has 1 atom stereocenters. The van der Waals surface area contributed by atoms with Crippen LogP contribution in [0.15, 0.2) is 57.0 Å². The van der Waals surface area contributed by atoms with Gasteiger partial charge < -0.3 is 23.6 Å². The van der Waals surface area contributed by atoms with Crippen LogP contribution in [0.3, 0.4) is 0 Å². The van der Waals surface area contributed by atoms with Crippen LogP contribution in [0.4, 0.5) is 0 Å². The van der Waals surface area contributed by atoms with Crippen LogP contribution < -0.4 is 0 Å². The van der Waals surface area contributed by atoms with Crippen molar-refractivity contribution in [2.45, 2.75) is 12.5 Å². The lowest BCUT2D eigenvalue weighted by Gasteiger charge is -2.29. The van der Waals surface area contributed by atoms with Crippen LogP contribution in [0.25, 0.3) is 0 Å². The van der Waals surface area contributed by atoms with Crippen molar-refractivity contribution in [3.05, 3.63) is 59.6 Å². The van der Waals surface area contributed by atoms with Gasteiger partial charge in [-0.2, -0.15) is 0 Å². The lowest BCUT2D eigenvalue weighted by atomic mass is 9.99. The van der Waals surface area contributed by atoms with Gasteiger partial charge in [0, 0.05) is 26.2 Å². The largest absolute Gasteiger partial charge is 0.503 e. The molecule has 1 amide bonds. The number of ether oxygens (including phenoxy) is 1. The first-order chi connectivity index (χ1) is 13.7. The summed E-state index contributed by atoms with van der Waals surface area (Å²) in [5.74, 6) is -1.14. The number of nitrogens with zero attached hydrogens (tertiary/aromatic N) is 2. The minimum atomic E-state index is -0.773. The van der Waals surface area contributed by atoms with Crippen molar-refractivity contribution in [3.8, 4) is 0 Å². The van der Waals surface area contributed by atoms with Gasteiger partial charge in [-0.15, -0.1) is 0 Å². The van der Waals surface area contributed by atoms with Gasteiger partial charge >= 0.3 is 0 Å². The van der Waals surface area contributed by atoms with Gasteiger partial charge in [0.2, 0.25) is 5.78 Å². The fourth-order valence-electron chi connectivity index (χ4n) is 3.69. The molecule has 2 aliphatic rings. The zero-order valence-electron chi connectivity index (χ0n) is 15.4. The monoisotopic (exact) mass is 386 g/mol. The fourth-order valence-corrected chi connectivity index (χ4v) is 3.69. The van der Waals surface area contributed by atoms with E-state index in [4.69, 9.17) is 13.6 Å². The van der Waals surface area contributed by atoms with Gasteiger partial charge in [-0.3, -0.25) is 14.5 Å². The molecule has 28 heavy (non-hydrogen) atoms. The highest BCUT2D eigenvalue weighted by atomic mass is 16.5. The SMILES string of the molecule is O=C(C1=C(O)C(=O)N(CCCN2CCOCC2)C1c1ccco1)c1ccco1. The summed E-state index contributed by atoms with van der Waals surface area (Å²) in [6.07, 6.45) is 3.57. The molecule has 0 saturated carbocycles. The first-order valence-corrected chi connectivity index (χ1v) is 9.32. The average molecular weight is 386 g/mol. The molecule has 1 N–H and O–H groups in total. The van der Waals surface area contributed by atoms with Gasteiger partial charge in [0.15, 0.2) is 11.5 Å². The van der Waals surface area contributed by atoms with Crippen LogP contribution in [0.2, 0.25) is 0 Å². The summed E-state index contributed by atoms with van der Waals surface area (Å²) in [5.41, 5.74) is -0.0127. The highest BCUT2D eigenvalue weighted by Crippen LogP contribution is 2.39. The van der Waals surface area contributed by atoms with Crippen molar-refractivity contribution in [1.29, 1.82) is 0 Å². The van der Waals surface area contributed by atoms with Gasteiger partial charge in [0.25, 0.3) is 5.91 Å². The Labute approximate surface area is 162 Å². The Bertz CT molecular complexity index is 849. The lowest BCUT2D eigenvalue weighted by molar-refractivity contribution is -0.129. The van der Waals surface area contributed by atoms with Crippen molar-refractivity contribution < 1.29 is 28.3 Å². The third-order valence-corrected chi connectivity index (χ3v) is 5.08. The maximum atomic E-state index is 12.9. The first-order valence-electron chi connectivity index (χ1n) is 9.32. The van der Waals surface area contributed by atoms with Gasteiger partial charge in [-0.25, -0.2) is 0 Å². The Hall–Kier alpha value is -2.84. The van der Waals surface area contributed by atoms with Gasteiger partial charge in [0.05, 0.1) is 31.3 Å². The first kappa shape index (κ1) is 18.5. The van der Waals surface area contributed by atoms with E-state index in [1.807, 2.05) is 0 Å². The zero-order chi connectivity index (χ0) is 19.5. The number of carbonyl (C=O) groups is 2. The molecule has 1 saturated heterocycles. The topological polar surface area (TPSA) is 96.4 Å². The third-order valence-electron chi connectivity index (χ3n) is 5.08. The molecule has 0 aliphatic carbocycles. The predicted molar refractivity (Wildman–Crippen MR) is 97.7 cm³/mol. The van der Waals surface area contributed by atoms with E-state index in [9.17, 15) is 14.7 Å². The van der Waals surface area contributed by atoms with E-state index < -0.39 is 23.5 Å². The third kappa shape index (κ3) is 3.48. The molecule has 1 unspecified atom stereocenters. The number of morpholine rings is 1. The molecule has 1 fully saturated rings. The Morgan fingerprint density at radius 2 is 1.86 bits per heavy atom. The van der Waals surface area contributed by atoms with Crippen molar-refractivity contribution in [2.24, 2.45) is 0 Å². The molecule has 4 rings (SSSR count). The van der Waals surface area contributed by atoms with E-state index in [2.05, 4.69) is 4.90 Å². The molecular formula is C20H22N2O6. The molecule has 2 aromatic heterocycles. The summed E-state index contributed by atoms with van der Waals surface area (Å²) in [5, 5.41) is 10.5. The second-order valence-electron chi connectivity index (χ2n) is 6.79. The Morgan fingerprint density at radius 3 is 2.54 bits per heavy atom. The average Bonchev–Trinajstić information content (AvgIpc) is 3.46. The van der Waals surface area contributed by atoms with E-state index in [1.165, 1.54) is 23.5 Å². The van der Waals surface area contributed by atoms with Crippen LogP contribution in [0, 0.1) is 0 Å². The van der Waals surface area contributed by atoms with Crippen molar-refractivity contribution >= 4 is 11.7 Å². The number of ketones is 1. The van der Waals surface area contributed by atoms with Gasteiger partial charge in [-0.05, 0) is 30.7 Å². The Kier molecular flexibility index (Phi) is 5.31. The number of hydrogen-bond donors (Lipinski definition) is 1. The van der Waals surface area contributed by atoms with Crippen LogP contribution in [-0.4, -0.2) is 66.0 Å². The number of Topliss-reactive ketones (excluding diaryl/α,β-unsaturated/α-hetero) is 1. The predicted octanol–water partition coefficient (Wildman–Crippen LogP) is 2.17. The second kappa shape index (κ2) is 8.04. The minimum Gasteiger partial charge on any atom is -0.503 e. The second-order valence-corrected chi connectivity index (χ2v) is 6.79. The molecule has 0 spiro atoms. The van der Waals surface area contributed by atoms with Crippen LogP contribution in [0.5, 0.6) is 0 Å². The maximum Gasteiger partial charge on any atom is 0.290 e. The summed E-state index contributed by atoms with van der Waals surface area (Å²) >= 11 is 0. The summed E-state index contributed by atoms with van der Waals surface area (Å²) in [4.78, 5) is 29.4. The number of aliphatic hydroxyl groups excluding tert-OH is 1. The zero-order valence-corrected chi connectivity index (χ0v) is 15.4. The van der Waals surface area contributed by atoms with E-state index >= 15 is 0 Å². The number of carbonyl (C=O) groups excluding carboxylic acids is 2. The molecule has 0 aromatic carbocycles. The molecule has 2 aliphatic heterocycles. The molecule has 0 bridgehead atoms. The fraction of sp³-hybridized carbons (Fsp3) is 0.400. The van der Waals surface area contributed by atoms with Crippen molar-refractivity contribution in [2.75, 3.05) is 39.4 Å². The summed E-state index contributed by atoms with van der Waals surface area (Å²) in [6, 6.07) is 5.71. The number of furan rings is 2. The number of amides is 1. The van der Waals surface area contributed by atoms with Crippen LogP contribution in [-0.2, 0) is 9.53 Å². The van der Waals surface area contributed by atoms with Crippen LogP contribution >= 0.6 is 0 Å². The molecule has 8 nitrogen and oxygen atoms in total. The normalized spacial score (nSPS) is 20.9. The Morgan fingerprint density at radius 1 is 1.11 bits per heavy atom. The molecule has 0 radical (unpaired) electrons. The molecule has 4 heterocycles. The number of aliphatic hydroxyl groups is 1. The molecular weight excluding hydrogens is 364 g/mol. The molecule has 8 heteroatoms.